The molecule has 3 aliphatic heterocycles. The summed E-state index contributed by atoms with van der Waals surface area (Å²) in [6.45, 7) is 2.95. The number of piperidine rings is 1. The molecule has 12 nitrogen and oxygen atoms in total. The maximum absolute atomic E-state index is 13.2. The normalized spacial score (nSPS) is 23.0. The summed E-state index contributed by atoms with van der Waals surface area (Å²) in [4.78, 5) is 58.6. The highest BCUT2D eigenvalue weighted by molar-refractivity contribution is 6.07. The van der Waals surface area contributed by atoms with Gasteiger partial charge in [0.05, 0.1) is 5.92 Å². The van der Waals surface area contributed by atoms with E-state index in [9.17, 15) is 24.3 Å². The van der Waals surface area contributed by atoms with Crippen molar-refractivity contribution in [3.05, 3.63) is 35.9 Å². The molecule has 0 saturated carbocycles. The topological polar surface area (TPSA) is 155 Å². The number of nitrogens with zero attached hydrogens (tertiary/aromatic N) is 5. The van der Waals surface area contributed by atoms with E-state index >= 15 is 0 Å². The van der Waals surface area contributed by atoms with Crippen molar-refractivity contribution >= 4 is 29.9 Å². The average molecular weight is 556 g/mol. The Morgan fingerprint density at radius 3 is 2.35 bits per heavy atom. The number of carboxylic acids is 1. The average Bonchev–Trinajstić information content (AvgIpc) is 2.96. The minimum Gasteiger partial charge on any atom is -0.480 e. The predicted molar refractivity (Wildman–Crippen MR) is 149 cm³/mol. The van der Waals surface area contributed by atoms with E-state index in [0.29, 0.717) is 39.1 Å². The molecule has 5 amide bonds. The largest absolute Gasteiger partial charge is 0.480 e. The van der Waals surface area contributed by atoms with Gasteiger partial charge in [0.1, 0.15) is 0 Å². The third-order valence-electron chi connectivity index (χ3n) is 8.32. The van der Waals surface area contributed by atoms with Gasteiger partial charge in [-0.25, -0.2) is 19.3 Å². The Labute approximate surface area is 235 Å². The number of benzene rings is 1. The minimum absolute atomic E-state index is 0.0249. The number of carbonyl (C=O) groups is 4. The number of imide groups is 1. The van der Waals surface area contributed by atoms with E-state index in [1.807, 2.05) is 18.2 Å². The maximum atomic E-state index is 13.2. The van der Waals surface area contributed by atoms with Crippen LogP contribution in [0.25, 0.3) is 0 Å². The van der Waals surface area contributed by atoms with Gasteiger partial charge in [-0.2, -0.15) is 0 Å². The number of urea groups is 2. The number of carbonyl (C=O) groups excluding carboxylic acids is 3. The van der Waals surface area contributed by atoms with Crippen molar-refractivity contribution in [2.75, 3.05) is 52.9 Å². The van der Waals surface area contributed by atoms with Gasteiger partial charge in [0.2, 0.25) is 5.91 Å². The maximum Gasteiger partial charge on any atom is 0.327 e. The first-order valence-corrected chi connectivity index (χ1v) is 14.1. The SMILES string of the molecule is CN(CCCCc1ccccc1)C(=O)N1CCN(C(=O)N2C(=O)[C@H](CC3CCCN(C(=N)N)C3)C2C(=O)O)CC1. The summed E-state index contributed by atoms with van der Waals surface area (Å²) >= 11 is 0. The molecule has 4 N–H and O–H groups in total. The number of hydrogen-bond acceptors (Lipinski definition) is 5. The van der Waals surface area contributed by atoms with Crippen LogP contribution >= 0.6 is 0 Å². The third-order valence-corrected chi connectivity index (χ3v) is 8.32. The van der Waals surface area contributed by atoms with Gasteiger partial charge in [0.15, 0.2) is 12.0 Å². The van der Waals surface area contributed by atoms with Crippen molar-refractivity contribution in [1.29, 1.82) is 5.41 Å². The molecule has 40 heavy (non-hydrogen) atoms. The summed E-state index contributed by atoms with van der Waals surface area (Å²) in [5.74, 6) is -2.42. The van der Waals surface area contributed by atoms with Crippen LogP contribution in [0.1, 0.15) is 37.7 Å². The number of hydrogen-bond donors (Lipinski definition) is 3. The second-order valence-corrected chi connectivity index (χ2v) is 11.1. The number of carboxylic acid groups (broad SMARTS) is 1. The number of guanidine groups is 1. The molecule has 0 spiro atoms. The number of nitrogens with two attached hydrogens (primary N) is 1. The second kappa shape index (κ2) is 13.0. The van der Waals surface area contributed by atoms with Gasteiger partial charge in [-0.05, 0) is 50.0 Å². The highest BCUT2D eigenvalue weighted by Crippen LogP contribution is 2.36. The third kappa shape index (κ3) is 6.65. The van der Waals surface area contributed by atoms with Crippen molar-refractivity contribution in [1.82, 2.24) is 24.5 Å². The Hall–Kier alpha value is -3.83. The molecule has 3 aliphatic rings. The monoisotopic (exact) mass is 555 g/mol. The molecule has 3 saturated heterocycles. The molecular weight excluding hydrogens is 514 g/mol. The van der Waals surface area contributed by atoms with E-state index in [1.54, 1.807) is 21.7 Å². The minimum atomic E-state index is -1.20. The van der Waals surface area contributed by atoms with Crippen molar-refractivity contribution in [2.24, 2.45) is 17.6 Å². The van der Waals surface area contributed by atoms with Gasteiger partial charge in [-0.3, -0.25) is 10.2 Å². The molecule has 2 unspecified atom stereocenters. The quantitative estimate of drug-likeness (QED) is 0.191. The van der Waals surface area contributed by atoms with Gasteiger partial charge < -0.3 is 30.4 Å². The predicted octanol–water partition coefficient (Wildman–Crippen LogP) is 1.71. The molecule has 1 aromatic rings. The summed E-state index contributed by atoms with van der Waals surface area (Å²) in [6, 6.07) is 8.34. The summed E-state index contributed by atoms with van der Waals surface area (Å²) in [5, 5.41) is 17.5. The smallest absolute Gasteiger partial charge is 0.327 e. The molecule has 3 heterocycles. The molecule has 218 valence electrons. The number of aliphatic carboxylic acids is 1. The molecule has 3 fully saturated rings. The first kappa shape index (κ1) is 29.2. The molecule has 4 rings (SSSR count). The Bertz CT molecular complexity index is 1090. The molecule has 0 bridgehead atoms. The van der Waals surface area contributed by atoms with E-state index in [1.165, 1.54) is 10.5 Å². The first-order chi connectivity index (χ1) is 19.2. The van der Waals surface area contributed by atoms with Gasteiger partial charge in [-0.15, -0.1) is 0 Å². The number of amides is 5. The Morgan fingerprint density at radius 1 is 1.02 bits per heavy atom. The lowest BCUT2D eigenvalue weighted by atomic mass is 9.78. The lowest BCUT2D eigenvalue weighted by Crippen LogP contribution is -2.70. The fourth-order valence-electron chi connectivity index (χ4n) is 6.01. The van der Waals surface area contributed by atoms with Gasteiger partial charge in [-0.1, -0.05) is 30.3 Å². The van der Waals surface area contributed by atoms with Gasteiger partial charge in [0, 0.05) is 52.9 Å². The van der Waals surface area contributed by atoms with Crippen molar-refractivity contribution in [3.63, 3.8) is 0 Å². The fraction of sp³-hybridized carbons (Fsp3) is 0.607. The van der Waals surface area contributed by atoms with E-state index < -0.39 is 29.9 Å². The van der Waals surface area contributed by atoms with E-state index in [2.05, 4.69) is 12.1 Å². The highest BCUT2D eigenvalue weighted by Gasteiger charge is 2.56. The molecule has 0 radical (unpaired) electrons. The van der Waals surface area contributed by atoms with E-state index in [-0.39, 0.29) is 31.0 Å². The Morgan fingerprint density at radius 2 is 1.70 bits per heavy atom. The Balaban J connectivity index is 1.23. The number of aryl methyl sites for hydroxylation is 1. The van der Waals surface area contributed by atoms with Crippen molar-refractivity contribution in [3.8, 4) is 0 Å². The van der Waals surface area contributed by atoms with E-state index in [4.69, 9.17) is 11.1 Å². The number of likely N-dealkylation sites (tertiary alicyclic amines) is 2. The number of nitrogens with one attached hydrogen (secondary N) is 1. The Kier molecular flexibility index (Phi) is 9.49. The fourth-order valence-corrected chi connectivity index (χ4v) is 6.01. The first-order valence-electron chi connectivity index (χ1n) is 14.1. The molecule has 0 aliphatic carbocycles. The van der Waals surface area contributed by atoms with Crippen molar-refractivity contribution < 1.29 is 24.3 Å². The molecule has 3 atom stereocenters. The zero-order chi connectivity index (χ0) is 28.8. The van der Waals surface area contributed by atoms with Crippen LogP contribution in [0.15, 0.2) is 30.3 Å². The number of rotatable bonds is 8. The highest BCUT2D eigenvalue weighted by atomic mass is 16.4. The molecule has 12 heteroatoms. The van der Waals surface area contributed by atoms with E-state index in [0.717, 1.165) is 37.0 Å². The summed E-state index contributed by atoms with van der Waals surface area (Å²) in [6.07, 6.45) is 4.83. The summed E-state index contributed by atoms with van der Waals surface area (Å²) < 4.78 is 0. The summed E-state index contributed by atoms with van der Waals surface area (Å²) in [7, 11) is 1.78. The van der Waals surface area contributed by atoms with Crippen molar-refractivity contribution in [2.45, 2.75) is 44.6 Å². The number of β-lactam (4-membered cyclic amide) rings is 1. The number of piperazine rings is 1. The van der Waals surface area contributed by atoms with Crippen LogP contribution < -0.4 is 5.73 Å². The molecular formula is C28H41N7O5. The lowest BCUT2D eigenvalue weighted by Gasteiger charge is -2.47. The summed E-state index contributed by atoms with van der Waals surface area (Å²) in [5.41, 5.74) is 6.89. The van der Waals surface area contributed by atoms with Crippen LogP contribution in [0.2, 0.25) is 0 Å². The van der Waals surface area contributed by atoms with Crippen LogP contribution in [-0.2, 0) is 16.0 Å². The standard InChI is InChI=1S/C28H41N7O5/c1-31(12-6-5-10-20-8-3-2-4-9-20)27(39)32-14-16-33(17-15-32)28(40)35-23(25(37)38)22(24(35)36)18-21-11-7-13-34(19-21)26(29)30/h2-4,8-9,21-23H,5-7,10-19H2,1H3,(H3,29,30)(H,37,38)/t21?,22-,23?/m1/s1. The zero-order valence-electron chi connectivity index (χ0n) is 23.2. The van der Waals surface area contributed by atoms with Crippen LogP contribution in [0.5, 0.6) is 0 Å². The van der Waals surface area contributed by atoms with Crippen LogP contribution in [0, 0.1) is 17.2 Å². The van der Waals surface area contributed by atoms with Crippen LogP contribution in [-0.4, -0.2) is 118 Å². The molecule has 1 aromatic carbocycles. The molecule has 0 aromatic heterocycles. The van der Waals surface area contributed by atoms with Gasteiger partial charge in [0.25, 0.3) is 0 Å². The zero-order valence-corrected chi connectivity index (χ0v) is 23.2. The second-order valence-electron chi connectivity index (χ2n) is 11.1. The lowest BCUT2D eigenvalue weighted by molar-refractivity contribution is -0.167. The van der Waals surface area contributed by atoms with Crippen LogP contribution in [0.3, 0.4) is 0 Å². The number of unbranched alkanes of at least 4 members (excludes halogenated alkanes) is 1. The van der Waals surface area contributed by atoms with Crippen LogP contribution in [0.4, 0.5) is 9.59 Å². The van der Waals surface area contributed by atoms with Gasteiger partial charge >= 0.3 is 18.0 Å².